The van der Waals surface area contributed by atoms with Crippen molar-refractivity contribution in [3.05, 3.63) is 90.0 Å². The minimum absolute atomic E-state index is 0.0985. The SMILES string of the molecule is COC(=O)c1ccccc1N1C(=O)c2ccccc2N[P@]1(=O)Oc1ccccc1. The Hall–Kier alpha value is -3.57. The summed E-state index contributed by atoms with van der Waals surface area (Å²) >= 11 is 0. The lowest BCUT2D eigenvalue weighted by atomic mass is 10.1. The summed E-state index contributed by atoms with van der Waals surface area (Å²) in [6, 6.07) is 21.5. The molecule has 4 rings (SSSR count). The van der Waals surface area contributed by atoms with E-state index in [4.69, 9.17) is 9.26 Å². The second-order valence-electron chi connectivity index (χ2n) is 6.21. The zero-order chi connectivity index (χ0) is 20.4. The molecule has 1 aliphatic rings. The average Bonchev–Trinajstić information content (AvgIpc) is 2.74. The molecule has 1 aliphatic heterocycles. The van der Waals surface area contributed by atoms with Crippen LogP contribution in [0, 0.1) is 0 Å². The smallest absolute Gasteiger partial charge is 0.453 e. The molecule has 0 fully saturated rings. The Kier molecular flexibility index (Phi) is 4.82. The van der Waals surface area contributed by atoms with E-state index in [9.17, 15) is 14.2 Å². The maximum Gasteiger partial charge on any atom is 0.453 e. The summed E-state index contributed by atoms with van der Waals surface area (Å²) in [5.74, 6) is -0.885. The second-order valence-corrected chi connectivity index (χ2v) is 8.05. The summed E-state index contributed by atoms with van der Waals surface area (Å²) in [6.07, 6.45) is 0. The first-order chi connectivity index (χ1) is 14.0. The lowest BCUT2D eigenvalue weighted by molar-refractivity contribution is 0.0602. The third-order valence-electron chi connectivity index (χ3n) is 4.38. The van der Waals surface area contributed by atoms with Crippen LogP contribution in [0.15, 0.2) is 78.9 Å². The number of para-hydroxylation sites is 3. The third-order valence-corrected chi connectivity index (χ3v) is 6.29. The van der Waals surface area contributed by atoms with E-state index < -0.39 is 19.5 Å². The van der Waals surface area contributed by atoms with Gasteiger partial charge < -0.3 is 9.26 Å². The minimum atomic E-state index is -4.01. The molecule has 1 amide bonds. The van der Waals surface area contributed by atoms with Crippen molar-refractivity contribution in [2.45, 2.75) is 0 Å². The molecule has 29 heavy (non-hydrogen) atoms. The van der Waals surface area contributed by atoms with Gasteiger partial charge in [0.2, 0.25) is 0 Å². The number of amides is 1. The molecule has 3 aromatic carbocycles. The average molecular weight is 408 g/mol. The maximum absolute atomic E-state index is 14.0. The molecule has 0 aliphatic carbocycles. The van der Waals surface area contributed by atoms with Gasteiger partial charge in [0.05, 0.1) is 29.6 Å². The van der Waals surface area contributed by atoms with Gasteiger partial charge in [0, 0.05) is 0 Å². The molecule has 146 valence electrons. The Bertz CT molecular complexity index is 1130. The number of esters is 1. The highest BCUT2D eigenvalue weighted by molar-refractivity contribution is 7.64. The summed E-state index contributed by atoms with van der Waals surface area (Å²) in [5, 5.41) is 2.87. The van der Waals surface area contributed by atoms with Crippen molar-refractivity contribution >= 4 is 30.9 Å². The Morgan fingerprint density at radius 1 is 0.931 bits per heavy atom. The van der Waals surface area contributed by atoms with E-state index in [0.717, 1.165) is 4.67 Å². The topological polar surface area (TPSA) is 84.9 Å². The standard InChI is InChI=1S/C21H17N2O5P/c1-27-21(25)17-12-6-8-14-19(17)23-20(24)16-11-5-7-13-18(16)22-29(23,26)28-15-9-3-2-4-10-15/h2-14H,1H3,(H,22,26)/t29-/m0/s1. The van der Waals surface area contributed by atoms with Gasteiger partial charge in [-0.1, -0.05) is 42.5 Å². The van der Waals surface area contributed by atoms with Gasteiger partial charge in [-0.2, -0.15) is 0 Å². The van der Waals surface area contributed by atoms with Crippen molar-refractivity contribution in [3.8, 4) is 5.75 Å². The number of methoxy groups -OCH3 is 1. The van der Waals surface area contributed by atoms with Crippen LogP contribution in [-0.2, 0) is 9.30 Å². The molecule has 8 heteroatoms. The van der Waals surface area contributed by atoms with Gasteiger partial charge >= 0.3 is 13.6 Å². The molecular weight excluding hydrogens is 391 g/mol. The fourth-order valence-electron chi connectivity index (χ4n) is 3.08. The summed E-state index contributed by atoms with van der Waals surface area (Å²) in [6.45, 7) is 0. The first-order valence-corrected chi connectivity index (χ1v) is 10.4. The second kappa shape index (κ2) is 7.45. The lowest BCUT2D eigenvalue weighted by Crippen LogP contribution is -2.38. The van der Waals surface area contributed by atoms with Crippen molar-refractivity contribution in [1.29, 1.82) is 0 Å². The quantitative estimate of drug-likeness (QED) is 0.496. The fraction of sp³-hybridized carbons (Fsp3) is 0.0476. The zero-order valence-corrected chi connectivity index (χ0v) is 16.3. The number of ether oxygens (including phenoxy) is 1. The van der Waals surface area contributed by atoms with Gasteiger partial charge in [0.1, 0.15) is 5.75 Å². The Morgan fingerprint density at radius 3 is 2.34 bits per heavy atom. The van der Waals surface area contributed by atoms with Crippen LogP contribution in [0.2, 0.25) is 0 Å². The molecule has 0 radical (unpaired) electrons. The van der Waals surface area contributed by atoms with Crippen molar-refractivity contribution in [1.82, 2.24) is 0 Å². The Balaban J connectivity index is 1.90. The number of carbonyl (C=O) groups is 2. The molecule has 0 aromatic heterocycles. The molecule has 1 heterocycles. The zero-order valence-electron chi connectivity index (χ0n) is 15.4. The first-order valence-electron chi connectivity index (χ1n) is 8.78. The molecule has 0 saturated carbocycles. The number of rotatable bonds is 4. The number of hydrogen-bond donors (Lipinski definition) is 1. The van der Waals surface area contributed by atoms with E-state index in [1.54, 1.807) is 66.7 Å². The summed E-state index contributed by atoms with van der Waals surface area (Å²) < 4.78 is 25.6. The predicted octanol–water partition coefficient (Wildman–Crippen LogP) is 4.73. The summed E-state index contributed by atoms with van der Waals surface area (Å²) in [5.41, 5.74) is 0.936. The van der Waals surface area contributed by atoms with Crippen LogP contribution < -0.4 is 14.3 Å². The molecule has 3 aromatic rings. The summed E-state index contributed by atoms with van der Waals surface area (Å²) in [4.78, 5) is 25.7. The summed E-state index contributed by atoms with van der Waals surface area (Å²) in [7, 11) is -2.77. The largest absolute Gasteiger partial charge is 0.465 e. The molecular formula is C21H17N2O5P. The van der Waals surface area contributed by atoms with Crippen molar-refractivity contribution in [2.75, 3.05) is 16.9 Å². The van der Waals surface area contributed by atoms with Crippen LogP contribution in [0.25, 0.3) is 0 Å². The molecule has 1 atom stereocenters. The van der Waals surface area contributed by atoms with Crippen LogP contribution in [0.4, 0.5) is 11.4 Å². The Morgan fingerprint density at radius 2 is 1.59 bits per heavy atom. The monoisotopic (exact) mass is 408 g/mol. The number of fused-ring (bicyclic) bond motifs is 1. The van der Waals surface area contributed by atoms with E-state index in [0.29, 0.717) is 17.0 Å². The number of anilines is 2. The number of hydrogen-bond acceptors (Lipinski definition) is 5. The molecule has 0 saturated heterocycles. The first kappa shape index (κ1) is 18.8. The van der Waals surface area contributed by atoms with E-state index in [1.165, 1.54) is 19.2 Å². The van der Waals surface area contributed by atoms with Gasteiger partial charge in [0.25, 0.3) is 5.91 Å². The van der Waals surface area contributed by atoms with Gasteiger partial charge in [-0.15, -0.1) is 0 Å². The highest BCUT2D eigenvalue weighted by Crippen LogP contribution is 2.57. The Labute approximate surface area is 167 Å². The molecule has 1 N–H and O–H groups in total. The minimum Gasteiger partial charge on any atom is -0.465 e. The van der Waals surface area contributed by atoms with E-state index in [-0.39, 0.29) is 11.3 Å². The van der Waals surface area contributed by atoms with E-state index in [2.05, 4.69) is 5.09 Å². The number of benzene rings is 3. The number of nitrogens with one attached hydrogen (secondary N) is 1. The normalized spacial score (nSPS) is 17.8. The van der Waals surface area contributed by atoms with Crippen molar-refractivity contribution in [2.24, 2.45) is 0 Å². The van der Waals surface area contributed by atoms with Crippen LogP contribution in [0.1, 0.15) is 20.7 Å². The van der Waals surface area contributed by atoms with E-state index in [1.807, 2.05) is 0 Å². The van der Waals surface area contributed by atoms with Gasteiger partial charge in [-0.05, 0) is 36.4 Å². The van der Waals surface area contributed by atoms with Gasteiger partial charge in [-0.25, -0.2) is 14.0 Å². The van der Waals surface area contributed by atoms with Crippen molar-refractivity contribution < 1.29 is 23.4 Å². The van der Waals surface area contributed by atoms with Crippen LogP contribution in [0.5, 0.6) is 5.75 Å². The molecule has 7 nitrogen and oxygen atoms in total. The van der Waals surface area contributed by atoms with Gasteiger partial charge in [-0.3, -0.25) is 9.88 Å². The fourth-order valence-corrected chi connectivity index (χ4v) is 5.02. The molecule has 0 unspecified atom stereocenters. The predicted molar refractivity (Wildman–Crippen MR) is 109 cm³/mol. The highest BCUT2D eigenvalue weighted by Gasteiger charge is 2.46. The van der Waals surface area contributed by atoms with E-state index >= 15 is 0 Å². The number of nitrogens with zero attached hydrogens (tertiary/aromatic N) is 1. The molecule has 0 bridgehead atoms. The van der Waals surface area contributed by atoms with Crippen molar-refractivity contribution in [3.63, 3.8) is 0 Å². The molecule has 0 spiro atoms. The highest BCUT2D eigenvalue weighted by atomic mass is 31.2. The maximum atomic E-state index is 14.0. The van der Waals surface area contributed by atoms with Crippen LogP contribution >= 0.6 is 7.67 Å². The lowest BCUT2D eigenvalue weighted by Gasteiger charge is -2.36. The third kappa shape index (κ3) is 3.37. The van der Waals surface area contributed by atoms with Crippen LogP contribution in [0.3, 0.4) is 0 Å². The van der Waals surface area contributed by atoms with Gasteiger partial charge in [0.15, 0.2) is 0 Å². The van der Waals surface area contributed by atoms with Crippen LogP contribution in [-0.4, -0.2) is 19.0 Å². The number of carbonyl (C=O) groups excluding carboxylic acids is 2.